The van der Waals surface area contributed by atoms with Crippen LogP contribution in [0.25, 0.3) is 10.8 Å². The van der Waals surface area contributed by atoms with Gasteiger partial charge in [0.15, 0.2) is 0 Å². The van der Waals surface area contributed by atoms with Crippen molar-refractivity contribution in [1.29, 1.82) is 0 Å². The van der Waals surface area contributed by atoms with E-state index in [1.165, 1.54) is 0 Å². The Kier molecular flexibility index (Phi) is 8.25. The Labute approximate surface area is 235 Å². The number of nitrogens with one attached hydrogen (secondary N) is 1. The lowest BCUT2D eigenvalue weighted by molar-refractivity contribution is -0.141. The number of aryl methyl sites for hydroxylation is 1. The molecule has 0 saturated heterocycles. The standard InChI is InChI=1S/C34H35N3O3/c1-3-35-33(39)30(22-25-13-5-4-6-14-25)37(23-27-15-8-7-12-24(27)2)31(38)20-11-21-36-29-19-10-17-26-16-9-18-28(32(26)29)34(36)40/h4-10,12-19,30H,3,11,20-23H2,1-2H3,(H,35,39)/t30-/m0/s1. The minimum atomic E-state index is -0.652. The molecule has 1 heterocycles. The third-order valence-corrected chi connectivity index (χ3v) is 7.65. The van der Waals surface area contributed by atoms with Crippen LogP contribution in [-0.4, -0.2) is 41.8 Å². The molecule has 0 aromatic heterocycles. The van der Waals surface area contributed by atoms with Gasteiger partial charge in [0.05, 0.1) is 5.69 Å². The average Bonchev–Trinajstić information content (AvgIpc) is 3.24. The van der Waals surface area contributed by atoms with Gasteiger partial charge in [-0.1, -0.05) is 78.9 Å². The van der Waals surface area contributed by atoms with E-state index in [1.54, 1.807) is 9.80 Å². The Balaban J connectivity index is 1.37. The highest BCUT2D eigenvalue weighted by Crippen LogP contribution is 2.37. The minimum Gasteiger partial charge on any atom is -0.355 e. The second kappa shape index (κ2) is 12.2. The zero-order chi connectivity index (χ0) is 28.1. The Morgan fingerprint density at radius 3 is 2.38 bits per heavy atom. The van der Waals surface area contributed by atoms with E-state index in [4.69, 9.17) is 0 Å². The first-order chi connectivity index (χ1) is 19.5. The Hall–Kier alpha value is -4.45. The van der Waals surface area contributed by atoms with Crippen molar-refractivity contribution in [1.82, 2.24) is 10.2 Å². The van der Waals surface area contributed by atoms with Gasteiger partial charge >= 0.3 is 0 Å². The van der Waals surface area contributed by atoms with E-state index in [2.05, 4.69) is 5.32 Å². The van der Waals surface area contributed by atoms with Crippen molar-refractivity contribution >= 4 is 34.2 Å². The molecule has 0 fully saturated rings. The summed E-state index contributed by atoms with van der Waals surface area (Å²) < 4.78 is 0. The maximum atomic E-state index is 13.9. The summed E-state index contributed by atoms with van der Waals surface area (Å²) in [6.07, 6.45) is 1.14. The fourth-order valence-electron chi connectivity index (χ4n) is 5.55. The molecule has 4 aromatic rings. The summed E-state index contributed by atoms with van der Waals surface area (Å²) in [7, 11) is 0. The largest absolute Gasteiger partial charge is 0.355 e. The number of nitrogens with zero attached hydrogens (tertiary/aromatic N) is 2. The monoisotopic (exact) mass is 533 g/mol. The molecule has 204 valence electrons. The molecule has 6 nitrogen and oxygen atoms in total. The average molecular weight is 534 g/mol. The number of hydrogen-bond donors (Lipinski definition) is 1. The van der Waals surface area contributed by atoms with Crippen LogP contribution in [0.4, 0.5) is 5.69 Å². The van der Waals surface area contributed by atoms with Crippen molar-refractivity contribution in [2.75, 3.05) is 18.0 Å². The lowest BCUT2D eigenvalue weighted by Gasteiger charge is -2.32. The molecule has 0 unspecified atom stereocenters. The SMILES string of the molecule is CCNC(=O)[C@H](Cc1ccccc1)N(Cc1ccccc1C)C(=O)CCCN1C(=O)c2cccc3cccc1c23. The van der Waals surface area contributed by atoms with Crippen LogP contribution in [0.1, 0.15) is 46.8 Å². The summed E-state index contributed by atoms with van der Waals surface area (Å²) in [4.78, 5) is 44.0. The molecule has 40 heavy (non-hydrogen) atoms. The Bertz CT molecular complexity index is 1530. The molecule has 1 aliphatic rings. The van der Waals surface area contributed by atoms with Crippen LogP contribution in [0.15, 0.2) is 91.0 Å². The number of hydrogen-bond acceptors (Lipinski definition) is 3. The number of likely N-dealkylation sites (N-methyl/N-ethyl adjacent to an activating group) is 1. The number of anilines is 1. The lowest BCUT2D eigenvalue weighted by atomic mass is 10.0. The summed E-state index contributed by atoms with van der Waals surface area (Å²) in [5, 5.41) is 4.96. The Morgan fingerprint density at radius 1 is 0.900 bits per heavy atom. The van der Waals surface area contributed by atoms with Gasteiger partial charge in [-0.25, -0.2) is 0 Å². The summed E-state index contributed by atoms with van der Waals surface area (Å²) in [6, 6.07) is 28.8. The van der Waals surface area contributed by atoms with Gasteiger partial charge < -0.3 is 15.1 Å². The number of carbonyl (C=O) groups is 3. The molecule has 0 saturated carbocycles. The smallest absolute Gasteiger partial charge is 0.258 e. The molecule has 0 aliphatic carbocycles. The third kappa shape index (κ3) is 5.62. The fourth-order valence-corrected chi connectivity index (χ4v) is 5.55. The lowest BCUT2D eigenvalue weighted by Crippen LogP contribution is -2.50. The maximum Gasteiger partial charge on any atom is 0.258 e. The maximum absolute atomic E-state index is 13.9. The first kappa shape index (κ1) is 27.1. The predicted molar refractivity (Wildman–Crippen MR) is 159 cm³/mol. The molecule has 6 heteroatoms. The van der Waals surface area contributed by atoms with E-state index in [0.717, 1.165) is 33.2 Å². The van der Waals surface area contributed by atoms with Crippen LogP contribution in [0, 0.1) is 6.92 Å². The van der Waals surface area contributed by atoms with Crippen molar-refractivity contribution < 1.29 is 14.4 Å². The van der Waals surface area contributed by atoms with Crippen molar-refractivity contribution in [3.05, 3.63) is 113 Å². The normalized spacial score (nSPS) is 12.9. The molecule has 3 amide bonds. The summed E-state index contributed by atoms with van der Waals surface area (Å²) in [6.45, 7) is 5.17. The number of rotatable bonds is 11. The summed E-state index contributed by atoms with van der Waals surface area (Å²) in [5.41, 5.74) is 4.68. The zero-order valence-electron chi connectivity index (χ0n) is 23.1. The van der Waals surface area contributed by atoms with E-state index in [-0.39, 0.29) is 24.1 Å². The topological polar surface area (TPSA) is 69.7 Å². The molecular formula is C34H35N3O3. The zero-order valence-corrected chi connectivity index (χ0v) is 23.1. The second-order valence-electron chi connectivity index (χ2n) is 10.3. The van der Waals surface area contributed by atoms with Crippen LogP contribution >= 0.6 is 0 Å². The van der Waals surface area contributed by atoms with E-state index in [0.29, 0.717) is 38.0 Å². The second-order valence-corrected chi connectivity index (χ2v) is 10.3. The van der Waals surface area contributed by atoms with Crippen LogP contribution in [0.3, 0.4) is 0 Å². The van der Waals surface area contributed by atoms with E-state index < -0.39 is 6.04 Å². The van der Waals surface area contributed by atoms with Crippen LogP contribution in [0.2, 0.25) is 0 Å². The van der Waals surface area contributed by atoms with Crippen LogP contribution in [-0.2, 0) is 22.6 Å². The van der Waals surface area contributed by atoms with Gasteiger partial charge in [0.1, 0.15) is 6.04 Å². The molecule has 1 aliphatic heterocycles. The van der Waals surface area contributed by atoms with E-state index in [9.17, 15) is 14.4 Å². The molecular weight excluding hydrogens is 498 g/mol. The van der Waals surface area contributed by atoms with Gasteiger partial charge in [0.25, 0.3) is 5.91 Å². The summed E-state index contributed by atoms with van der Waals surface area (Å²) >= 11 is 0. The van der Waals surface area contributed by atoms with Crippen molar-refractivity contribution in [3.8, 4) is 0 Å². The minimum absolute atomic E-state index is 0.0275. The Morgan fingerprint density at radius 2 is 1.62 bits per heavy atom. The van der Waals surface area contributed by atoms with Gasteiger partial charge in [-0.2, -0.15) is 0 Å². The quantitative estimate of drug-likeness (QED) is 0.270. The molecule has 4 aromatic carbocycles. The first-order valence-electron chi connectivity index (χ1n) is 14.0. The first-order valence-corrected chi connectivity index (χ1v) is 14.0. The molecule has 1 atom stereocenters. The van der Waals surface area contributed by atoms with Gasteiger partial charge in [0.2, 0.25) is 11.8 Å². The molecule has 0 spiro atoms. The molecule has 5 rings (SSSR count). The highest BCUT2D eigenvalue weighted by Gasteiger charge is 2.32. The number of benzene rings is 4. The predicted octanol–water partition coefficient (Wildman–Crippen LogP) is 5.66. The molecule has 1 N–H and O–H groups in total. The van der Waals surface area contributed by atoms with Crippen molar-refractivity contribution in [2.45, 2.75) is 45.7 Å². The van der Waals surface area contributed by atoms with Gasteiger partial charge in [-0.15, -0.1) is 0 Å². The third-order valence-electron chi connectivity index (χ3n) is 7.65. The number of amides is 3. The van der Waals surface area contributed by atoms with Crippen LogP contribution < -0.4 is 10.2 Å². The van der Waals surface area contributed by atoms with E-state index >= 15 is 0 Å². The fraction of sp³-hybridized carbons (Fsp3) is 0.265. The molecule has 0 bridgehead atoms. The van der Waals surface area contributed by atoms with Crippen molar-refractivity contribution in [2.24, 2.45) is 0 Å². The molecule has 0 radical (unpaired) electrons. The van der Waals surface area contributed by atoms with E-state index in [1.807, 2.05) is 105 Å². The van der Waals surface area contributed by atoms with Gasteiger partial charge in [-0.3, -0.25) is 14.4 Å². The van der Waals surface area contributed by atoms with Gasteiger partial charge in [0, 0.05) is 43.4 Å². The van der Waals surface area contributed by atoms with Crippen molar-refractivity contribution in [3.63, 3.8) is 0 Å². The number of carbonyl (C=O) groups excluding carboxylic acids is 3. The highest BCUT2D eigenvalue weighted by molar-refractivity contribution is 6.25. The van der Waals surface area contributed by atoms with Gasteiger partial charge in [-0.05, 0) is 54.5 Å². The van der Waals surface area contributed by atoms with Crippen LogP contribution in [0.5, 0.6) is 0 Å². The highest BCUT2D eigenvalue weighted by atomic mass is 16.2. The summed E-state index contributed by atoms with van der Waals surface area (Å²) in [5.74, 6) is -0.289.